The lowest BCUT2D eigenvalue weighted by atomic mass is 10.2. The van der Waals surface area contributed by atoms with Crippen LogP contribution in [0.2, 0.25) is 0 Å². The zero-order valence-electron chi connectivity index (χ0n) is 18.9. The molecule has 1 saturated carbocycles. The van der Waals surface area contributed by atoms with Gasteiger partial charge >= 0.3 is 0 Å². The summed E-state index contributed by atoms with van der Waals surface area (Å²) < 4.78 is 13.6. The number of fused-ring (bicyclic) bond motifs is 1. The molecule has 4 heterocycles. The normalized spacial score (nSPS) is 16.6. The second-order valence-corrected chi connectivity index (χ2v) is 8.63. The lowest BCUT2D eigenvalue weighted by molar-refractivity contribution is 0.0322. The van der Waals surface area contributed by atoms with Crippen molar-refractivity contribution >= 4 is 22.8 Å². The first-order valence-corrected chi connectivity index (χ1v) is 11.8. The Hall–Kier alpha value is -3.56. The highest BCUT2D eigenvalue weighted by molar-refractivity contribution is 5.78. The summed E-state index contributed by atoms with van der Waals surface area (Å²) in [6.45, 7) is 5.06. The number of anilines is 2. The van der Waals surface area contributed by atoms with Gasteiger partial charge in [0.25, 0.3) is 0 Å². The van der Waals surface area contributed by atoms with Gasteiger partial charge in [-0.15, -0.1) is 0 Å². The monoisotopic (exact) mass is 457 g/mol. The predicted molar refractivity (Wildman–Crippen MR) is 129 cm³/mol. The molecule has 9 nitrogen and oxygen atoms in total. The van der Waals surface area contributed by atoms with E-state index in [0.717, 1.165) is 79.7 Å². The molecule has 0 spiro atoms. The number of rotatable bonds is 8. The summed E-state index contributed by atoms with van der Waals surface area (Å²) in [5.41, 5.74) is 3.57. The minimum absolute atomic E-state index is 0.430. The minimum Gasteiger partial charge on any atom is -0.492 e. The summed E-state index contributed by atoms with van der Waals surface area (Å²) in [6.07, 6.45) is 7.65. The van der Waals surface area contributed by atoms with Crippen molar-refractivity contribution in [3.63, 3.8) is 0 Å². The summed E-state index contributed by atoms with van der Waals surface area (Å²) >= 11 is 0. The molecule has 2 fully saturated rings. The van der Waals surface area contributed by atoms with Crippen LogP contribution >= 0.6 is 0 Å². The lowest BCUT2D eigenvalue weighted by Crippen LogP contribution is -2.38. The van der Waals surface area contributed by atoms with Crippen LogP contribution in [-0.4, -0.2) is 68.9 Å². The van der Waals surface area contributed by atoms with Crippen LogP contribution in [0.25, 0.3) is 22.6 Å². The van der Waals surface area contributed by atoms with Gasteiger partial charge in [-0.25, -0.2) is 9.97 Å². The number of pyridine rings is 1. The van der Waals surface area contributed by atoms with Crippen LogP contribution in [0.4, 0.5) is 11.6 Å². The molecule has 4 aromatic rings. The molecule has 1 aliphatic heterocycles. The van der Waals surface area contributed by atoms with Crippen LogP contribution in [0, 0.1) is 0 Å². The van der Waals surface area contributed by atoms with Gasteiger partial charge in [0.2, 0.25) is 5.95 Å². The first-order chi connectivity index (χ1) is 16.8. The van der Waals surface area contributed by atoms with E-state index in [9.17, 15) is 0 Å². The lowest BCUT2D eigenvalue weighted by Gasteiger charge is -2.26. The Bertz CT molecular complexity index is 1270. The van der Waals surface area contributed by atoms with E-state index in [0.29, 0.717) is 18.6 Å². The smallest absolute Gasteiger partial charge is 0.229 e. The van der Waals surface area contributed by atoms with Crippen LogP contribution in [-0.2, 0) is 4.74 Å². The SMILES string of the molecule is c1cc(Nc2ncc3nc(-c4ccncc4)n(C4CC4)c3n2)cc(OCCN2CCOCC2)c1. The van der Waals surface area contributed by atoms with Crippen LogP contribution in [0.3, 0.4) is 0 Å². The third kappa shape index (κ3) is 4.57. The third-order valence-corrected chi connectivity index (χ3v) is 6.15. The van der Waals surface area contributed by atoms with Gasteiger partial charge in [-0.3, -0.25) is 9.88 Å². The molecular formula is C25H27N7O2. The van der Waals surface area contributed by atoms with Gasteiger partial charge in [0.15, 0.2) is 5.65 Å². The van der Waals surface area contributed by atoms with E-state index in [4.69, 9.17) is 19.4 Å². The Morgan fingerprint density at radius 3 is 2.74 bits per heavy atom. The predicted octanol–water partition coefficient (Wildman–Crippen LogP) is 3.68. The average Bonchev–Trinajstić information content (AvgIpc) is 3.65. The van der Waals surface area contributed by atoms with Crippen molar-refractivity contribution in [3.8, 4) is 17.1 Å². The molecule has 1 saturated heterocycles. The molecule has 34 heavy (non-hydrogen) atoms. The number of ether oxygens (including phenoxy) is 2. The molecule has 6 rings (SSSR count). The standard InChI is InChI=1S/C25H27N7O2/c1-2-19(16-21(3-1)34-15-12-31-10-13-33-14-11-31)28-25-27-17-22-24(30-25)32(20-4-5-20)23(29-22)18-6-8-26-9-7-18/h1-3,6-9,16-17,20H,4-5,10-15H2,(H,27,28,30). The topological polar surface area (TPSA) is 90.2 Å². The minimum atomic E-state index is 0.430. The fourth-order valence-electron chi connectivity index (χ4n) is 4.24. The molecule has 1 aliphatic carbocycles. The Labute approximate surface area is 197 Å². The van der Waals surface area contributed by atoms with Gasteiger partial charge in [-0.05, 0) is 37.1 Å². The summed E-state index contributed by atoms with van der Waals surface area (Å²) in [7, 11) is 0. The van der Waals surface area contributed by atoms with E-state index in [-0.39, 0.29) is 0 Å². The van der Waals surface area contributed by atoms with E-state index in [2.05, 4.69) is 24.8 Å². The first kappa shape index (κ1) is 21.0. The van der Waals surface area contributed by atoms with E-state index in [1.165, 1.54) is 0 Å². The maximum atomic E-state index is 5.99. The van der Waals surface area contributed by atoms with Crippen LogP contribution in [0.5, 0.6) is 5.75 Å². The number of hydrogen-bond donors (Lipinski definition) is 1. The van der Waals surface area contributed by atoms with Gasteiger partial charge in [-0.2, -0.15) is 4.98 Å². The molecule has 0 bridgehead atoms. The molecule has 0 atom stereocenters. The van der Waals surface area contributed by atoms with Crippen molar-refractivity contribution in [2.75, 3.05) is 44.8 Å². The molecule has 2 aliphatic rings. The Kier molecular flexibility index (Phi) is 5.78. The molecule has 0 amide bonds. The van der Waals surface area contributed by atoms with Crippen LogP contribution < -0.4 is 10.1 Å². The zero-order chi connectivity index (χ0) is 22.7. The quantitative estimate of drug-likeness (QED) is 0.429. The second kappa shape index (κ2) is 9.36. The van der Waals surface area contributed by atoms with E-state index < -0.39 is 0 Å². The molecule has 0 unspecified atom stereocenters. The fourth-order valence-corrected chi connectivity index (χ4v) is 4.24. The van der Waals surface area contributed by atoms with E-state index >= 15 is 0 Å². The Morgan fingerprint density at radius 1 is 1.06 bits per heavy atom. The van der Waals surface area contributed by atoms with Crippen LogP contribution in [0.1, 0.15) is 18.9 Å². The third-order valence-electron chi connectivity index (χ3n) is 6.15. The van der Waals surface area contributed by atoms with Crippen LogP contribution in [0.15, 0.2) is 55.0 Å². The molecule has 9 heteroatoms. The number of aromatic nitrogens is 5. The second-order valence-electron chi connectivity index (χ2n) is 8.63. The number of morpholine rings is 1. The molecule has 3 aromatic heterocycles. The van der Waals surface area contributed by atoms with Gasteiger partial charge in [0.1, 0.15) is 23.7 Å². The number of nitrogens with one attached hydrogen (secondary N) is 1. The zero-order valence-corrected chi connectivity index (χ0v) is 18.9. The van der Waals surface area contributed by atoms with Crippen molar-refractivity contribution in [1.29, 1.82) is 0 Å². The summed E-state index contributed by atoms with van der Waals surface area (Å²) in [4.78, 5) is 20.7. The summed E-state index contributed by atoms with van der Waals surface area (Å²) in [5, 5.41) is 3.33. The van der Waals surface area contributed by atoms with Crippen molar-refractivity contribution in [2.24, 2.45) is 0 Å². The first-order valence-electron chi connectivity index (χ1n) is 11.8. The van der Waals surface area contributed by atoms with Crippen molar-refractivity contribution in [3.05, 3.63) is 55.0 Å². The average molecular weight is 458 g/mol. The maximum absolute atomic E-state index is 5.99. The number of benzene rings is 1. The molecular weight excluding hydrogens is 430 g/mol. The van der Waals surface area contributed by atoms with E-state index in [1.807, 2.05) is 36.4 Å². The number of nitrogens with zero attached hydrogens (tertiary/aromatic N) is 6. The summed E-state index contributed by atoms with van der Waals surface area (Å²) in [6, 6.07) is 12.3. The number of imidazole rings is 1. The van der Waals surface area contributed by atoms with Crippen molar-refractivity contribution < 1.29 is 9.47 Å². The molecule has 1 N–H and O–H groups in total. The fraction of sp³-hybridized carbons (Fsp3) is 0.360. The van der Waals surface area contributed by atoms with Crippen molar-refractivity contribution in [2.45, 2.75) is 18.9 Å². The van der Waals surface area contributed by atoms with Gasteiger partial charge in [0, 0.05) is 55.4 Å². The van der Waals surface area contributed by atoms with Gasteiger partial charge in [-0.1, -0.05) is 6.07 Å². The Balaban J connectivity index is 1.19. The Morgan fingerprint density at radius 2 is 1.91 bits per heavy atom. The maximum Gasteiger partial charge on any atom is 0.229 e. The highest BCUT2D eigenvalue weighted by Crippen LogP contribution is 2.40. The largest absolute Gasteiger partial charge is 0.492 e. The summed E-state index contributed by atoms with van der Waals surface area (Å²) in [5.74, 6) is 2.28. The molecule has 0 radical (unpaired) electrons. The van der Waals surface area contributed by atoms with Crippen molar-refractivity contribution in [1.82, 2.24) is 29.4 Å². The van der Waals surface area contributed by atoms with Gasteiger partial charge in [0.05, 0.1) is 19.4 Å². The van der Waals surface area contributed by atoms with E-state index in [1.54, 1.807) is 18.6 Å². The number of hydrogen-bond acceptors (Lipinski definition) is 8. The van der Waals surface area contributed by atoms with Gasteiger partial charge < -0.3 is 19.4 Å². The highest BCUT2D eigenvalue weighted by Gasteiger charge is 2.29. The highest BCUT2D eigenvalue weighted by atomic mass is 16.5. The molecule has 174 valence electrons. The molecule has 1 aromatic carbocycles.